The summed E-state index contributed by atoms with van der Waals surface area (Å²) in [6.07, 6.45) is 1.66. The fourth-order valence-corrected chi connectivity index (χ4v) is 2.51. The first-order chi connectivity index (χ1) is 10.7. The van der Waals surface area contributed by atoms with Crippen LogP contribution in [-0.2, 0) is 4.74 Å². The lowest BCUT2D eigenvalue weighted by atomic mass is 10.1. The number of nitrogens with one attached hydrogen (secondary N) is 2. The van der Waals surface area contributed by atoms with E-state index in [1.54, 1.807) is 19.2 Å². The zero-order chi connectivity index (χ0) is 15.5. The molecule has 0 bridgehead atoms. The Balaban J connectivity index is 2.08. The number of carbonyl (C=O) groups is 1. The first-order valence-corrected chi connectivity index (χ1v) is 7.65. The summed E-state index contributed by atoms with van der Waals surface area (Å²) in [7, 11) is 0. The topological polar surface area (TPSA) is 67.0 Å². The van der Waals surface area contributed by atoms with E-state index < -0.39 is 5.97 Å². The number of H-pyrrole nitrogens is 1. The second-order valence-electron chi connectivity index (χ2n) is 4.84. The van der Waals surface area contributed by atoms with Gasteiger partial charge in [-0.15, -0.1) is 11.6 Å². The first kappa shape index (κ1) is 14.7. The number of hydrogen-bond acceptors (Lipinski definition) is 4. The molecule has 0 unspecified atom stereocenters. The number of halogens is 1. The van der Waals surface area contributed by atoms with E-state index in [4.69, 9.17) is 16.3 Å². The number of esters is 1. The van der Waals surface area contributed by atoms with E-state index in [1.165, 1.54) is 0 Å². The third-order valence-electron chi connectivity index (χ3n) is 3.39. The molecule has 0 saturated carbocycles. The van der Waals surface area contributed by atoms with Gasteiger partial charge in [-0.2, -0.15) is 0 Å². The molecule has 0 aliphatic carbocycles. The Labute approximate surface area is 132 Å². The van der Waals surface area contributed by atoms with Crippen LogP contribution in [-0.4, -0.2) is 35.0 Å². The molecule has 0 spiro atoms. The standard InChI is InChI=1S/C16H16ClN3O2/c1-2-22-16(21)14-8-12-11-7-10(18-6-5-17)3-4-13(11)20-15(12)9-19-14/h3-4,7-9,18,20H,2,5-6H2,1H3. The molecule has 0 radical (unpaired) electrons. The maximum atomic E-state index is 11.8. The van der Waals surface area contributed by atoms with Gasteiger partial charge in [-0.05, 0) is 31.2 Å². The summed E-state index contributed by atoms with van der Waals surface area (Å²) in [5.41, 5.74) is 3.18. The number of aromatic nitrogens is 2. The number of aromatic amines is 1. The quantitative estimate of drug-likeness (QED) is 0.558. The van der Waals surface area contributed by atoms with Gasteiger partial charge in [-0.3, -0.25) is 0 Å². The van der Waals surface area contributed by atoms with Crippen molar-refractivity contribution in [2.45, 2.75) is 6.92 Å². The van der Waals surface area contributed by atoms with Crippen LogP contribution in [0.3, 0.4) is 0 Å². The average Bonchev–Trinajstić information content (AvgIpc) is 2.90. The third kappa shape index (κ3) is 2.72. The van der Waals surface area contributed by atoms with Gasteiger partial charge < -0.3 is 15.0 Å². The van der Waals surface area contributed by atoms with Crippen molar-refractivity contribution in [3.05, 3.63) is 36.2 Å². The van der Waals surface area contributed by atoms with Crippen molar-refractivity contribution < 1.29 is 9.53 Å². The van der Waals surface area contributed by atoms with Crippen LogP contribution in [0.15, 0.2) is 30.5 Å². The highest BCUT2D eigenvalue weighted by Gasteiger charge is 2.12. The molecule has 0 saturated heterocycles. The molecule has 0 aliphatic rings. The maximum absolute atomic E-state index is 11.8. The molecule has 3 aromatic rings. The lowest BCUT2D eigenvalue weighted by Gasteiger charge is -2.04. The average molecular weight is 318 g/mol. The molecule has 0 aliphatic heterocycles. The number of ether oxygens (including phenoxy) is 1. The molecular formula is C16H16ClN3O2. The summed E-state index contributed by atoms with van der Waals surface area (Å²) < 4.78 is 5.00. The highest BCUT2D eigenvalue weighted by Crippen LogP contribution is 2.28. The number of carbonyl (C=O) groups excluding carboxylic acids is 1. The molecule has 22 heavy (non-hydrogen) atoms. The zero-order valence-electron chi connectivity index (χ0n) is 12.1. The van der Waals surface area contributed by atoms with Crippen LogP contribution in [0.2, 0.25) is 0 Å². The van der Waals surface area contributed by atoms with Gasteiger partial charge in [0.15, 0.2) is 0 Å². The molecule has 6 heteroatoms. The maximum Gasteiger partial charge on any atom is 0.356 e. The van der Waals surface area contributed by atoms with E-state index in [0.717, 1.165) is 27.5 Å². The van der Waals surface area contributed by atoms with Crippen LogP contribution in [0.1, 0.15) is 17.4 Å². The minimum atomic E-state index is -0.407. The molecule has 0 atom stereocenters. The van der Waals surface area contributed by atoms with Gasteiger partial charge in [0.05, 0.1) is 18.3 Å². The highest BCUT2D eigenvalue weighted by molar-refractivity contribution is 6.18. The Kier molecular flexibility index (Phi) is 4.15. The summed E-state index contributed by atoms with van der Waals surface area (Å²) in [6, 6.07) is 7.78. The summed E-state index contributed by atoms with van der Waals surface area (Å²) >= 11 is 5.70. The van der Waals surface area contributed by atoms with Crippen LogP contribution in [0.25, 0.3) is 21.8 Å². The Hall–Kier alpha value is -2.27. The zero-order valence-corrected chi connectivity index (χ0v) is 12.9. The van der Waals surface area contributed by atoms with Gasteiger partial charge >= 0.3 is 5.97 Å². The largest absolute Gasteiger partial charge is 0.461 e. The predicted molar refractivity (Wildman–Crippen MR) is 88.8 cm³/mol. The predicted octanol–water partition coefficient (Wildman–Crippen LogP) is 3.54. The molecule has 0 amide bonds. The second kappa shape index (κ2) is 6.23. The second-order valence-corrected chi connectivity index (χ2v) is 5.21. The van der Waals surface area contributed by atoms with Gasteiger partial charge in [0.25, 0.3) is 0 Å². The van der Waals surface area contributed by atoms with Crippen LogP contribution in [0.4, 0.5) is 5.69 Å². The van der Waals surface area contributed by atoms with E-state index in [1.807, 2.05) is 18.2 Å². The molecule has 3 rings (SSSR count). The van der Waals surface area contributed by atoms with Gasteiger partial charge in [0.1, 0.15) is 5.69 Å². The number of alkyl halides is 1. The minimum absolute atomic E-state index is 0.314. The fourth-order valence-electron chi connectivity index (χ4n) is 2.42. The van der Waals surface area contributed by atoms with Crippen LogP contribution in [0.5, 0.6) is 0 Å². The van der Waals surface area contributed by atoms with Crippen molar-refractivity contribution in [2.24, 2.45) is 0 Å². The van der Waals surface area contributed by atoms with Crippen molar-refractivity contribution in [1.82, 2.24) is 9.97 Å². The summed E-state index contributed by atoms with van der Waals surface area (Å²) in [6.45, 7) is 2.81. The molecule has 0 fully saturated rings. The molecule has 2 heterocycles. The molecule has 5 nitrogen and oxygen atoms in total. The summed E-state index contributed by atoms with van der Waals surface area (Å²) in [5.74, 6) is 0.137. The third-order valence-corrected chi connectivity index (χ3v) is 3.58. The lowest BCUT2D eigenvalue weighted by Crippen LogP contribution is -2.06. The molecule has 2 N–H and O–H groups in total. The van der Waals surface area contributed by atoms with Crippen molar-refractivity contribution in [3.8, 4) is 0 Å². The van der Waals surface area contributed by atoms with E-state index in [-0.39, 0.29) is 0 Å². The lowest BCUT2D eigenvalue weighted by molar-refractivity contribution is 0.0520. The molecular weight excluding hydrogens is 302 g/mol. The monoisotopic (exact) mass is 317 g/mol. The first-order valence-electron chi connectivity index (χ1n) is 7.11. The number of hydrogen-bond donors (Lipinski definition) is 2. The molecule has 1 aromatic carbocycles. The summed E-state index contributed by atoms with van der Waals surface area (Å²) in [4.78, 5) is 19.3. The van der Waals surface area contributed by atoms with Crippen LogP contribution in [0, 0.1) is 0 Å². The number of anilines is 1. The number of pyridine rings is 1. The van der Waals surface area contributed by atoms with Crippen molar-refractivity contribution in [3.63, 3.8) is 0 Å². The molecule has 2 aromatic heterocycles. The van der Waals surface area contributed by atoms with E-state index >= 15 is 0 Å². The van der Waals surface area contributed by atoms with Crippen LogP contribution < -0.4 is 5.32 Å². The van der Waals surface area contributed by atoms with Gasteiger partial charge in [0, 0.05) is 34.4 Å². The van der Waals surface area contributed by atoms with Crippen LogP contribution >= 0.6 is 11.6 Å². The minimum Gasteiger partial charge on any atom is -0.461 e. The van der Waals surface area contributed by atoms with E-state index in [0.29, 0.717) is 24.7 Å². The van der Waals surface area contributed by atoms with Crippen molar-refractivity contribution >= 4 is 45.1 Å². The fraction of sp³-hybridized carbons (Fsp3) is 0.250. The van der Waals surface area contributed by atoms with Crippen molar-refractivity contribution in [1.29, 1.82) is 0 Å². The summed E-state index contributed by atoms with van der Waals surface area (Å²) in [5, 5.41) is 5.22. The normalized spacial score (nSPS) is 11.0. The Morgan fingerprint density at radius 3 is 2.91 bits per heavy atom. The van der Waals surface area contributed by atoms with E-state index in [2.05, 4.69) is 15.3 Å². The Bertz CT molecular complexity index is 829. The van der Waals surface area contributed by atoms with Gasteiger partial charge in [-0.1, -0.05) is 0 Å². The van der Waals surface area contributed by atoms with E-state index in [9.17, 15) is 4.79 Å². The number of fused-ring (bicyclic) bond motifs is 3. The SMILES string of the molecule is CCOC(=O)c1cc2c(cn1)[nH]c1ccc(NCCCl)cc12. The number of benzene rings is 1. The smallest absolute Gasteiger partial charge is 0.356 e. The highest BCUT2D eigenvalue weighted by atomic mass is 35.5. The van der Waals surface area contributed by atoms with Crippen molar-refractivity contribution in [2.75, 3.05) is 24.3 Å². The number of nitrogens with zero attached hydrogens (tertiary/aromatic N) is 1. The Morgan fingerprint density at radius 1 is 1.32 bits per heavy atom. The van der Waals surface area contributed by atoms with Gasteiger partial charge in [0.2, 0.25) is 0 Å². The molecule has 114 valence electrons. The Morgan fingerprint density at radius 2 is 2.14 bits per heavy atom. The van der Waals surface area contributed by atoms with Gasteiger partial charge in [-0.25, -0.2) is 9.78 Å². The number of rotatable bonds is 5.